The lowest BCUT2D eigenvalue weighted by Gasteiger charge is -2.14. The average molecular weight is 487 g/mol. The summed E-state index contributed by atoms with van der Waals surface area (Å²) in [4.78, 5) is 19.6. The van der Waals surface area contributed by atoms with Crippen LogP contribution in [-0.2, 0) is 28.7 Å². The fraction of sp³-hybridized carbons (Fsp3) is 0.130. The minimum absolute atomic E-state index is 0.164. The Morgan fingerprint density at radius 1 is 1.03 bits per heavy atom. The number of nitrogens with two attached hydrogens (primary N) is 1. The molecule has 34 heavy (non-hydrogen) atoms. The van der Waals surface area contributed by atoms with Gasteiger partial charge in [0, 0.05) is 18.6 Å². The number of anilines is 1. The molecule has 0 aliphatic carbocycles. The van der Waals surface area contributed by atoms with Gasteiger partial charge in [0.2, 0.25) is 0 Å². The van der Waals surface area contributed by atoms with Crippen LogP contribution >= 0.6 is 7.82 Å². The molecule has 2 aromatic heterocycles. The van der Waals surface area contributed by atoms with Crippen LogP contribution in [0, 0.1) is 11.6 Å². The van der Waals surface area contributed by atoms with Crippen LogP contribution in [0.3, 0.4) is 0 Å². The lowest BCUT2D eigenvalue weighted by Crippen LogP contribution is -2.38. The molecule has 4 aromatic rings. The third kappa shape index (κ3) is 6.12. The Bertz CT molecular complexity index is 1330. The van der Waals surface area contributed by atoms with Gasteiger partial charge < -0.3 is 14.3 Å². The van der Waals surface area contributed by atoms with Crippen molar-refractivity contribution in [3.63, 3.8) is 0 Å². The maximum atomic E-state index is 13.4. The number of hydrogen-bond acceptors (Lipinski definition) is 6. The third-order valence-electron chi connectivity index (χ3n) is 5.04. The number of halogens is 2. The summed E-state index contributed by atoms with van der Waals surface area (Å²) in [5.74, 6) is -0.675. The van der Waals surface area contributed by atoms with Crippen molar-refractivity contribution in [3.8, 4) is 11.3 Å². The number of aromatic nitrogens is 2. The first kappa shape index (κ1) is 23.7. The second kappa shape index (κ2) is 9.82. The molecule has 11 heteroatoms. The van der Waals surface area contributed by atoms with Crippen molar-refractivity contribution < 1.29 is 36.7 Å². The number of hydrogen-bond donors (Lipinski definition) is 2. The normalized spacial score (nSPS) is 13.1. The summed E-state index contributed by atoms with van der Waals surface area (Å²) in [6.07, 6.45) is 2.36. The van der Waals surface area contributed by atoms with E-state index < -0.39 is 26.2 Å². The summed E-state index contributed by atoms with van der Waals surface area (Å²) in [5.41, 5.74) is 9.60. The van der Waals surface area contributed by atoms with Crippen LogP contribution in [-0.4, -0.2) is 10.1 Å². The van der Waals surface area contributed by atoms with Gasteiger partial charge in [-0.1, -0.05) is 29.4 Å². The highest BCUT2D eigenvalue weighted by Crippen LogP contribution is 2.30. The molecular weight excluding hydrogens is 467 g/mol. The maximum absolute atomic E-state index is 13.4. The SMILES string of the molecule is Nc1c(-c2cc(Cc3ccc(Cc4cc(F)cc(F)c4)cc3)no2)ccc[n+]1COP(=O)([O-])O. The van der Waals surface area contributed by atoms with Gasteiger partial charge in [-0.25, -0.2) is 13.3 Å². The smallest absolute Gasteiger partial charge is 0.285 e. The molecule has 1 atom stereocenters. The topological polar surface area (TPSA) is 126 Å². The molecule has 0 amide bonds. The number of nitrogen functional groups attached to an aromatic ring is 1. The van der Waals surface area contributed by atoms with Crippen molar-refractivity contribution in [3.05, 3.63) is 101 Å². The summed E-state index contributed by atoms with van der Waals surface area (Å²) in [7, 11) is -4.90. The molecule has 4 rings (SSSR count). The molecule has 0 aliphatic rings. The van der Waals surface area contributed by atoms with E-state index in [0.29, 0.717) is 35.4 Å². The van der Waals surface area contributed by atoms with Gasteiger partial charge in [0.25, 0.3) is 13.6 Å². The molecule has 2 aromatic carbocycles. The molecule has 0 saturated carbocycles. The highest BCUT2D eigenvalue weighted by molar-refractivity contribution is 7.44. The Hall–Kier alpha value is -3.43. The fourth-order valence-corrected chi connectivity index (χ4v) is 3.74. The molecule has 3 N–H and O–H groups in total. The first-order chi connectivity index (χ1) is 16.2. The lowest BCUT2D eigenvalue weighted by atomic mass is 10.0. The van der Waals surface area contributed by atoms with Gasteiger partial charge in [0.05, 0.1) is 11.9 Å². The summed E-state index contributed by atoms with van der Waals surface area (Å²) < 4.78 is 48.7. The van der Waals surface area contributed by atoms with Crippen LogP contribution in [0.15, 0.2) is 71.4 Å². The largest absolute Gasteiger partial charge is 0.756 e. The molecule has 0 fully saturated rings. The Balaban J connectivity index is 1.44. The van der Waals surface area contributed by atoms with Crippen LogP contribution in [0.25, 0.3) is 11.3 Å². The molecule has 1 unspecified atom stereocenters. The van der Waals surface area contributed by atoms with Gasteiger partial charge >= 0.3 is 0 Å². The van der Waals surface area contributed by atoms with Crippen molar-refractivity contribution in [1.29, 1.82) is 0 Å². The molecule has 176 valence electrons. The standard InChI is InChI=1S/C23H20F2N3O5P/c24-18-9-17(10-19(25)12-18)8-15-3-5-16(6-4-15)11-20-13-22(33-27-20)21-2-1-7-28(23(21)26)14-32-34(29,30)31/h1-7,9-10,12-13,26H,8,11,14H2,(H2,29,30,31). The highest BCUT2D eigenvalue weighted by Gasteiger charge is 2.18. The van der Waals surface area contributed by atoms with E-state index in [1.54, 1.807) is 18.2 Å². The van der Waals surface area contributed by atoms with Crippen molar-refractivity contribution in [2.75, 3.05) is 5.73 Å². The van der Waals surface area contributed by atoms with E-state index in [2.05, 4.69) is 9.68 Å². The van der Waals surface area contributed by atoms with Crippen molar-refractivity contribution >= 4 is 13.6 Å². The lowest BCUT2D eigenvalue weighted by molar-refractivity contribution is -0.712. The number of phosphoric ester groups is 1. The van der Waals surface area contributed by atoms with Crippen LogP contribution in [0.4, 0.5) is 14.6 Å². The Kier molecular flexibility index (Phi) is 6.85. The molecule has 0 aliphatic heterocycles. The fourth-order valence-electron chi connectivity index (χ4n) is 3.47. The Morgan fingerprint density at radius 2 is 1.68 bits per heavy atom. The number of rotatable bonds is 8. The van der Waals surface area contributed by atoms with Crippen LogP contribution in [0.2, 0.25) is 0 Å². The first-order valence-corrected chi connectivity index (χ1v) is 11.6. The van der Waals surface area contributed by atoms with Gasteiger partial charge in [0.1, 0.15) is 17.2 Å². The van der Waals surface area contributed by atoms with Crippen molar-refractivity contribution in [2.24, 2.45) is 0 Å². The molecule has 0 radical (unpaired) electrons. The summed E-state index contributed by atoms with van der Waals surface area (Å²) in [6.45, 7) is -0.493. The maximum Gasteiger partial charge on any atom is 0.285 e. The molecule has 8 nitrogen and oxygen atoms in total. The zero-order chi connectivity index (χ0) is 24.3. The molecule has 0 spiro atoms. The van der Waals surface area contributed by atoms with E-state index in [1.165, 1.54) is 22.9 Å². The summed E-state index contributed by atoms with van der Waals surface area (Å²) >= 11 is 0. The Morgan fingerprint density at radius 3 is 2.32 bits per heavy atom. The van der Waals surface area contributed by atoms with E-state index in [-0.39, 0.29) is 5.82 Å². The quantitative estimate of drug-likeness (QED) is 0.289. The van der Waals surface area contributed by atoms with Crippen molar-refractivity contribution in [1.82, 2.24) is 5.16 Å². The second-order valence-corrected chi connectivity index (χ2v) is 8.83. The monoisotopic (exact) mass is 487 g/mol. The minimum atomic E-state index is -4.90. The van der Waals surface area contributed by atoms with E-state index in [4.69, 9.17) is 15.2 Å². The van der Waals surface area contributed by atoms with Crippen LogP contribution in [0.5, 0.6) is 0 Å². The zero-order valence-electron chi connectivity index (χ0n) is 17.7. The predicted octanol–water partition coefficient (Wildman–Crippen LogP) is 3.11. The van der Waals surface area contributed by atoms with E-state index in [9.17, 15) is 18.2 Å². The molecule has 2 heterocycles. The molecule has 0 bridgehead atoms. The van der Waals surface area contributed by atoms with E-state index in [0.717, 1.165) is 17.2 Å². The van der Waals surface area contributed by atoms with E-state index in [1.807, 2.05) is 24.3 Å². The zero-order valence-corrected chi connectivity index (χ0v) is 18.6. The van der Waals surface area contributed by atoms with Gasteiger partial charge in [-0.05, 0) is 47.4 Å². The number of pyridine rings is 1. The summed E-state index contributed by atoms with van der Waals surface area (Å²) in [5, 5.41) is 4.06. The molecule has 0 saturated heterocycles. The first-order valence-electron chi connectivity index (χ1n) is 10.1. The van der Waals surface area contributed by atoms with Crippen molar-refractivity contribution in [2.45, 2.75) is 19.6 Å². The van der Waals surface area contributed by atoms with Gasteiger partial charge in [-0.15, -0.1) is 0 Å². The van der Waals surface area contributed by atoms with Gasteiger partial charge in [-0.2, -0.15) is 0 Å². The Labute approximate surface area is 193 Å². The average Bonchev–Trinajstić information content (AvgIpc) is 3.21. The highest BCUT2D eigenvalue weighted by atomic mass is 31.2. The van der Waals surface area contributed by atoms with Crippen LogP contribution < -0.4 is 15.2 Å². The third-order valence-corrected chi connectivity index (χ3v) is 5.48. The summed E-state index contributed by atoms with van der Waals surface area (Å²) in [6, 6.07) is 16.0. The molecular formula is C23H20F2N3O5P. The minimum Gasteiger partial charge on any atom is -0.756 e. The predicted molar refractivity (Wildman–Crippen MR) is 116 cm³/mol. The van der Waals surface area contributed by atoms with Gasteiger partial charge in [0.15, 0.2) is 12.5 Å². The number of nitrogens with zero attached hydrogens (tertiary/aromatic N) is 2. The van der Waals surface area contributed by atoms with Gasteiger partial charge in [-0.3, -0.25) is 14.8 Å². The number of phosphoric acid groups is 1. The van der Waals surface area contributed by atoms with Crippen LogP contribution in [0.1, 0.15) is 22.4 Å². The number of benzene rings is 2. The van der Waals surface area contributed by atoms with E-state index >= 15 is 0 Å². The second-order valence-electron chi connectivity index (χ2n) is 7.63.